The molecule has 0 bridgehead atoms. The minimum absolute atomic E-state index is 0.0176. The van der Waals surface area contributed by atoms with Crippen molar-refractivity contribution in [2.24, 2.45) is 5.92 Å². The van der Waals surface area contributed by atoms with E-state index in [4.69, 9.17) is 0 Å². The average molecular weight is 442 g/mol. The van der Waals surface area contributed by atoms with Crippen LogP contribution in [0.5, 0.6) is 0 Å². The van der Waals surface area contributed by atoms with Gasteiger partial charge >= 0.3 is 0 Å². The van der Waals surface area contributed by atoms with Gasteiger partial charge in [0, 0.05) is 48.9 Å². The van der Waals surface area contributed by atoms with E-state index < -0.39 is 0 Å². The summed E-state index contributed by atoms with van der Waals surface area (Å²) in [5.74, 6) is 1.30. The largest absolute Gasteiger partial charge is 0.356 e. The molecule has 10 heteroatoms. The number of aromatic amines is 1. The maximum Gasteiger partial charge on any atom is 0.264 e. The number of nitrogens with zero attached hydrogens (tertiary/aromatic N) is 6. The predicted octanol–water partition coefficient (Wildman–Crippen LogP) is 2.27. The summed E-state index contributed by atoms with van der Waals surface area (Å²) in [4.78, 5) is 34.9. The third kappa shape index (κ3) is 4.64. The Labute approximate surface area is 189 Å². The van der Waals surface area contributed by atoms with E-state index in [0.717, 1.165) is 30.8 Å². The van der Waals surface area contributed by atoms with Crippen molar-refractivity contribution < 1.29 is 4.79 Å². The predicted molar refractivity (Wildman–Crippen MR) is 123 cm³/mol. The van der Waals surface area contributed by atoms with Crippen molar-refractivity contribution >= 4 is 17.4 Å². The molecule has 3 aromatic heterocycles. The summed E-state index contributed by atoms with van der Waals surface area (Å²) in [6, 6.07) is 14.2. The Bertz CT molecular complexity index is 1280. The fraction of sp³-hybridized carbons (Fsp3) is 0.217. The number of amides is 1. The summed E-state index contributed by atoms with van der Waals surface area (Å²) in [5.41, 5.74) is 1.98. The van der Waals surface area contributed by atoms with E-state index in [1.807, 2.05) is 42.6 Å². The Hall–Kier alpha value is -4.34. The second-order valence-corrected chi connectivity index (χ2v) is 7.84. The Morgan fingerprint density at radius 1 is 1.09 bits per heavy atom. The van der Waals surface area contributed by atoms with Crippen molar-refractivity contribution in [2.75, 3.05) is 23.3 Å². The number of hydrogen-bond donors (Lipinski definition) is 2. The first-order chi connectivity index (χ1) is 16.2. The SMILES string of the molecule is O=C(Nc1ccc(-c2ccc(=O)[nH]n2)cc1)C1CCCN(c2cc(-n3cccn3)ncn2)C1. The second kappa shape index (κ2) is 9.03. The first-order valence-electron chi connectivity index (χ1n) is 10.7. The highest BCUT2D eigenvalue weighted by Gasteiger charge is 2.27. The molecule has 1 aliphatic rings. The fourth-order valence-electron chi connectivity index (χ4n) is 3.91. The van der Waals surface area contributed by atoms with Crippen LogP contribution in [0.3, 0.4) is 0 Å². The second-order valence-electron chi connectivity index (χ2n) is 7.84. The summed E-state index contributed by atoms with van der Waals surface area (Å²) < 4.78 is 1.69. The number of piperidine rings is 1. The highest BCUT2D eigenvalue weighted by Crippen LogP contribution is 2.24. The lowest BCUT2D eigenvalue weighted by molar-refractivity contribution is -0.120. The van der Waals surface area contributed by atoms with Gasteiger partial charge in [0.2, 0.25) is 5.91 Å². The van der Waals surface area contributed by atoms with Crippen LogP contribution in [0.4, 0.5) is 11.5 Å². The van der Waals surface area contributed by atoms with Crippen LogP contribution in [0.15, 0.2) is 72.0 Å². The average Bonchev–Trinajstić information content (AvgIpc) is 3.41. The zero-order valence-electron chi connectivity index (χ0n) is 17.8. The summed E-state index contributed by atoms with van der Waals surface area (Å²) in [7, 11) is 0. The molecule has 0 radical (unpaired) electrons. The molecule has 1 fully saturated rings. The topological polar surface area (TPSA) is 122 Å². The van der Waals surface area contributed by atoms with Gasteiger partial charge in [-0.2, -0.15) is 10.2 Å². The van der Waals surface area contributed by atoms with Crippen molar-refractivity contribution in [2.45, 2.75) is 12.8 Å². The molecule has 5 rings (SSSR count). The quantitative estimate of drug-likeness (QED) is 0.486. The summed E-state index contributed by atoms with van der Waals surface area (Å²) in [6.45, 7) is 1.42. The van der Waals surface area contributed by atoms with E-state index in [2.05, 4.69) is 35.5 Å². The van der Waals surface area contributed by atoms with Gasteiger partial charge in [-0.05, 0) is 37.1 Å². The standard InChI is InChI=1S/C23H22N8O2/c32-22-9-8-19(28-29-22)16-4-6-18(7-5-16)27-23(33)17-3-1-11-30(14-17)20-13-21(25-15-24-20)31-12-2-10-26-31/h2,4-10,12-13,15,17H,1,3,11,14H2,(H,27,33)(H,29,32). The maximum absolute atomic E-state index is 13.0. The number of hydrogen-bond acceptors (Lipinski definition) is 7. The van der Waals surface area contributed by atoms with Gasteiger partial charge in [-0.25, -0.2) is 19.7 Å². The summed E-state index contributed by atoms with van der Waals surface area (Å²) in [6.07, 6.45) is 6.77. The Kier molecular flexibility index (Phi) is 5.62. The Balaban J connectivity index is 1.24. The van der Waals surface area contributed by atoms with Crippen LogP contribution < -0.4 is 15.8 Å². The van der Waals surface area contributed by atoms with Gasteiger partial charge < -0.3 is 10.2 Å². The zero-order chi connectivity index (χ0) is 22.6. The first-order valence-corrected chi connectivity index (χ1v) is 10.7. The van der Waals surface area contributed by atoms with E-state index >= 15 is 0 Å². The highest BCUT2D eigenvalue weighted by atomic mass is 16.2. The van der Waals surface area contributed by atoms with Crippen LogP contribution in [0.25, 0.3) is 17.1 Å². The van der Waals surface area contributed by atoms with Gasteiger partial charge in [0.05, 0.1) is 11.6 Å². The highest BCUT2D eigenvalue weighted by molar-refractivity contribution is 5.93. The van der Waals surface area contributed by atoms with Crippen LogP contribution in [0.1, 0.15) is 12.8 Å². The van der Waals surface area contributed by atoms with Crippen molar-refractivity contribution in [1.29, 1.82) is 0 Å². The number of H-pyrrole nitrogens is 1. The fourth-order valence-corrected chi connectivity index (χ4v) is 3.91. The maximum atomic E-state index is 13.0. The molecule has 0 spiro atoms. The number of aromatic nitrogens is 6. The molecular formula is C23H22N8O2. The van der Waals surface area contributed by atoms with E-state index in [1.54, 1.807) is 16.9 Å². The van der Waals surface area contributed by atoms with Crippen molar-refractivity contribution in [3.05, 3.63) is 77.6 Å². The van der Waals surface area contributed by atoms with Gasteiger partial charge in [-0.15, -0.1) is 0 Å². The van der Waals surface area contributed by atoms with Crippen LogP contribution in [-0.4, -0.2) is 48.9 Å². The van der Waals surface area contributed by atoms with Crippen LogP contribution in [-0.2, 0) is 4.79 Å². The normalized spacial score (nSPS) is 15.9. The lowest BCUT2D eigenvalue weighted by Crippen LogP contribution is -2.41. The Morgan fingerprint density at radius 3 is 2.70 bits per heavy atom. The monoisotopic (exact) mass is 442 g/mol. The smallest absolute Gasteiger partial charge is 0.264 e. The third-order valence-corrected chi connectivity index (χ3v) is 5.62. The van der Waals surface area contributed by atoms with Crippen LogP contribution >= 0.6 is 0 Å². The van der Waals surface area contributed by atoms with Crippen molar-refractivity contribution in [3.63, 3.8) is 0 Å². The van der Waals surface area contributed by atoms with Crippen molar-refractivity contribution in [3.8, 4) is 17.1 Å². The number of anilines is 2. The molecule has 1 aromatic carbocycles. The zero-order valence-corrected chi connectivity index (χ0v) is 17.8. The summed E-state index contributed by atoms with van der Waals surface area (Å²) in [5, 5.41) is 13.7. The number of carbonyl (C=O) groups is 1. The first kappa shape index (κ1) is 20.6. The van der Waals surface area contributed by atoms with E-state index in [0.29, 0.717) is 23.7 Å². The molecule has 1 unspecified atom stereocenters. The molecule has 33 heavy (non-hydrogen) atoms. The van der Waals surface area contributed by atoms with E-state index in [9.17, 15) is 9.59 Å². The van der Waals surface area contributed by atoms with Crippen LogP contribution in [0, 0.1) is 5.92 Å². The van der Waals surface area contributed by atoms with Gasteiger partial charge in [0.1, 0.15) is 12.1 Å². The lowest BCUT2D eigenvalue weighted by Gasteiger charge is -2.32. The minimum Gasteiger partial charge on any atom is -0.356 e. The number of nitrogens with one attached hydrogen (secondary N) is 2. The van der Waals surface area contributed by atoms with E-state index in [-0.39, 0.29) is 17.4 Å². The lowest BCUT2D eigenvalue weighted by atomic mass is 9.97. The van der Waals surface area contributed by atoms with Crippen LogP contribution in [0.2, 0.25) is 0 Å². The van der Waals surface area contributed by atoms with Gasteiger partial charge in [0.25, 0.3) is 5.56 Å². The molecule has 0 saturated carbocycles. The number of carbonyl (C=O) groups excluding carboxylic acids is 1. The molecule has 1 aliphatic heterocycles. The van der Waals surface area contributed by atoms with Gasteiger partial charge in [-0.3, -0.25) is 9.59 Å². The summed E-state index contributed by atoms with van der Waals surface area (Å²) >= 11 is 0. The number of benzene rings is 1. The van der Waals surface area contributed by atoms with Gasteiger partial charge in [0.15, 0.2) is 5.82 Å². The molecule has 0 aliphatic carbocycles. The molecule has 4 heterocycles. The molecule has 10 nitrogen and oxygen atoms in total. The third-order valence-electron chi connectivity index (χ3n) is 5.62. The minimum atomic E-state index is -0.247. The molecular weight excluding hydrogens is 420 g/mol. The molecule has 4 aromatic rings. The molecule has 2 N–H and O–H groups in total. The molecule has 1 amide bonds. The van der Waals surface area contributed by atoms with Gasteiger partial charge in [-0.1, -0.05) is 12.1 Å². The molecule has 1 saturated heterocycles. The number of rotatable bonds is 5. The van der Waals surface area contributed by atoms with Crippen molar-refractivity contribution in [1.82, 2.24) is 29.9 Å². The Morgan fingerprint density at radius 2 is 1.94 bits per heavy atom. The van der Waals surface area contributed by atoms with E-state index in [1.165, 1.54) is 12.4 Å². The molecule has 1 atom stereocenters. The molecule has 166 valence electrons.